The van der Waals surface area contributed by atoms with Crippen LogP contribution in [0.5, 0.6) is 0 Å². The molecule has 2 aromatic rings. The lowest BCUT2D eigenvalue weighted by Gasteiger charge is -2.45. The van der Waals surface area contributed by atoms with Gasteiger partial charge in [-0.25, -0.2) is 0 Å². The molecular weight excluding hydrogens is 268 g/mol. The molecule has 2 unspecified atom stereocenters. The fourth-order valence-corrected chi connectivity index (χ4v) is 4.24. The normalized spacial score (nSPS) is 25.3. The molecule has 2 heteroatoms. The van der Waals surface area contributed by atoms with E-state index in [1.54, 1.807) is 0 Å². The zero-order valence-electron chi connectivity index (χ0n) is 13.0. The summed E-state index contributed by atoms with van der Waals surface area (Å²) in [5, 5.41) is 3.60. The molecule has 0 aliphatic carbocycles. The highest BCUT2D eigenvalue weighted by Gasteiger charge is 2.34. The highest BCUT2D eigenvalue weighted by Crippen LogP contribution is 2.34. The molecule has 1 N–H and O–H groups in total. The second-order valence-corrected chi connectivity index (χ2v) is 6.80. The van der Waals surface area contributed by atoms with Crippen molar-refractivity contribution in [1.82, 2.24) is 10.2 Å². The first-order valence-corrected chi connectivity index (χ1v) is 8.45. The second-order valence-electron chi connectivity index (χ2n) is 6.80. The van der Waals surface area contributed by atoms with Crippen LogP contribution in [0.2, 0.25) is 0 Å². The SMILES string of the molecule is c1ccc(C(c2ccccc2)N2CC3CNCC(C3)C2)cc1. The Balaban J connectivity index is 1.68. The number of hydrogen-bond donors (Lipinski definition) is 1. The van der Waals surface area contributed by atoms with Gasteiger partial charge >= 0.3 is 0 Å². The van der Waals surface area contributed by atoms with Gasteiger partial charge in [-0.2, -0.15) is 0 Å². The summed E-state index contributed by atoms with van der Waals surface area (Å²) in [4.78, 5) is 2.71. The van der Waals surface area contributed by atoms with Gasteiger partial charge in [-0.15, -0.1) is 0 Å². The summed E-state index contributed by atoms with van der Waals surface area (Å²) in [6.45, 7) is 4.78. The van der Waals surface area contributed by atoms with Gasteiger partial charge in [0.05, 0.1) is 6.04 Å². The van der Waals surface area contributed by atoms with Crippen molar-refractivity contribution < 1.29 is 0 Å². The summed E-state index contributed by atoms with van der Waals surface area (Å²) < 4.78 is 0. The minimum Gasteiger partial charge on any atom is -0.316 e. The predicted molar refractivity (Wildman–Crippen MR) is 90.8 cm³/mol. The molecule has 2 aliphatic heterocycles. The Morgan fingerprint density at radius 3 is 1.77 bits per heavy atom. The number of hydrogen-bond acceptors (Lipinski definition) is 2. The Hall–Kier alpha value is -1.64. The van der Waals surface area contributed by atoms with Crippen molar-refractivity contribution >= 4 is 0 Å². The first kappa shape index (κ1) is 14.0. The standard InChI is InChI=1S/C20H24N2/c1-3-7-18(8-4-1)20(19-9-5-2-6-10-19)22-14-16-11-17(15-22)13-21-12-16/h1-10,16-17,20-21H,11-15H2. The molecule has 4 rings (SSSR count). The third kappa shape index (κ3) is 2.81. The molecular formula is C20H24N2. The van der Waals surface area contributed by atoms with Crippen LogP contribution in [-0.4, -0.2) is 31.1 Å². The van der Waals surface area contributed by atoms with Gasteiger partial charge in [0.15, 0.2) is 0 Å². The van der Waals surface area contributed by atoms with Crippen molar-refractivity contribution in [3.63, 3.8) is 0 Å². The minimum atomic E-state index is 0.394. The van der Waals surface area contributed by atoms with Crippen molar-refractivity contribution in [2.24, 2.45) is 11.8 Å². The first-order chi connectivity index (χ1) is 10.9. The summed E-state index contributed by atoms with van der Waals surface area (Å²) in [5.41, 5.74) is 2.84. The Labute approximate surface area is 133 Å². The molecule has 2 bridgehead atoms. The van der Waals surface area contributed by atoms with Gasteiger partial charge in [0.1, 0.15) is 0 Å². The van der Waals surface area contributed by atoms with E-state index >= 15 is 0 Å². The molecule has 22 heavy (non-hydrogen) atoms. The molecule has 114 valence electrons. The van der Waals surface area contributed by atoms with E-state index < -0.39 is 0 Å². The van der Waals surface area contributed by atoms with E-state index in [1.807, 2.05) is 0 Å². The quantitative estimate of drug-likeness (QED) is 0.933. The van der Waals surface area contributed by atoms with Gasteiger partial charge in [0.25, 0.3) is 0 Å². The van der Waals surface area contributed by atoms with Gasteiger partial charge in [-0.3, -0.25) is 4.90 Å². The van der Waals surface area contributed by atoms with E-state index in [2.05, 4.69) is 70.9 Å². The predicted octanol–water partition coefficient (Wildman–Crippen LogP) is 3.32. The smallest absolute Gasteiger partial charge is 0.0602 e. The Morgan fingerprint density at radius 2 is 1.27 bits per heavy atom. The Morgan fingerprint density at radius 1 is 0.773 bits per heavy atom. The third-order valence-corrected chi connectivity index (χ3v) is 5.11. The summed E-state index contributed by atoms with van der Waals surface area (Å²) in [6.07, 6.45) is 1.40. The molecule has 0 aromatic heterocycles. The van der Waals surface area contributed by atoms with Crippen LogP contribution in [0.4, 0.5) is 0 Å². The van der Waals surface area contributed by atoms with Gasteiger partial charge in [-0.1, -0.05) is 60.7 Å². The van der Waals surface area contributed by atoms with Crippen LogP contribution in [0.3, 0.4) is 0 Å². The lowest BCUT2D eigenvalue weighted by molar-refractivity contribution is 0.0746. The van der Waals surface area contributed by atoms with Gasteiger partial charge in [-0.05, 0) is 42.5 Å². The fourth-order valence-electron chi connectivity index (χ4n) is 4.24. The number of rotatable bonds is 3. The van der Waals surface area contributed by atoms with Gasteiger partial charge < -0.3 is 5.32 Å². The van der Waals surface area contributed by atoms with Crippen LogP contribution < -0.4 is 5.32 Å². The Kier molecular flexibility index (Phi) is 3.96. The maximum absolute atomic E-state index is 3.60. The highest BCUT2D eigenvalue weighted by molar-refractivity contribution is 5.32. The van der Waals surface area contributed by atoms with E-state index in [0.29, 0.717) is 6.04 Å². The van der Waals surface area contributed by atoms with Crippen LogP contribution >= 0.6 is 0 Å². The van der Waals surface area contributed by atoms with E-state index in [0.717, 1.165) is 11.8 Å². The molecule has 2 fully saturated rings. The lowest BCUT2D eigenvalue weighted by Crippen LogP contribution is -2.52. The number of nitrogens with one attached hydrogen (secondary N) is 1. The van der Waals surface area contributed by atoms with Gasteiger partial charge in [0.2, 0.25) is 0 Å². The molecule has 0 saturated carbocycles. The average Bonchev–Trinajstić information content (AvgIpc) is 2.57. The fraction of sp³-hybridized carbons (Fsp3) is 0.400. The van der Waals surface area contributed by atoms with E-state index in [1.165, 1.54) is 43.7 Å². The largest absolute Gasteiger partial charge is 0.316 e. The molecule has 0 spiro atoms. The molecule has 2 nitrogen and oxygen atoms in total. The summed E-state index contributed by atoms with van der Waals surface area (Å²) in [6, 6.07) is 22.4. The molecule has 2 atom stereocenters. The number of nitrogens with zero attached hydrogens (tertiary/aromatic N) is 1. The Bertz CT molecular complexity index is 544. The zero-order chi connectivity index (χ0) is 14.8. The van der Waals surface area contributed by atoms with Crippen molar-refractivity contribution in [3.05, 3.63) is 71.8 Å². The van der Waals surface area contributed by atoms with Crippen molar-refractivity contribution in [3.8, 4) is 0 Å². The van der Waals surface area contributed by atoms with Crippen LogP contribution in [0, 0.1) is 11.8 Å². The van der Waals surface area contributed by atoms with Crippen LogP contribution in [-0.2, 0) is 0 Å². The van der Waals surface area contributed by atoms with E-state index in [-0.39, 0.29) is 0 Å². The van der Waals surface area contributed by atoms with Crippen LogP contribution in [0.1, 0.15) is 23.6 Å². The first-order valence-electron chi connectivity index (χ1n) is 8.45. The molecule has 2 aromatic carbocycles. The topological polar surface area (TPSA) is 15.3 Å². The second kappa shape index (κ2) is 6.23. The van der Waals surface area contributed by atoms with Crippen molar-refractivity contribution in [2.75, 3.05) is 26.2 Å². The highest BCUT2D eigenvalue weighted by atomic mass is 15.2. The van der Waals surface area contributed by atoms with Crippen LogP contribution in [0.25, 0.3) is 0 Å². The summed E-state index contributed by atoms with van der Waals surface area (Å²) in [7, 11) is 0. The minimum absolute atomic E-state index is 0.394. The van der Waals surface area contributed by atoms with Crippen LogP contribution in [0.15, 0.2) is 60.7 Å². The lowest BCUT2D eigenvalue weighted by atomic mass is 9.83. The average molecular weight is 292 g/mol. The number of benzene rings is 2. The molecule has 0 radical (unpaired) electrons. The van der Waals surface area contributed by atoms with E-state index in [4.69, 9.17) is 0 Å². The number of piperidine rings is 2. The van der Waals surface area contributed by atoms with Crippen molar-refractivity contribution in [2.45, 2.75) is 12.5 Å². The van der Waals surface area contributed by atoms with Gasteiger partial charge in [0, 0.05) is 13.1 Å². The molecule has 2 heterocycles. The maximum Gasteiger partial charge on any atom is 0.0602 e. The monoisotopic (exact) mass is 292 g/mol. The molecule has 2 aliphatic rings. The maximum atomic E-state index is 3.60. The summed E-state index contributed by atoms with van der Waals surface area (Å²) in [5.74, 6) is 1.62. The number of likely N-dealkylation sites (tertiary alicyclic amines) is 1. The molecule has 0 amide bonds. The van der Waals surface area contributed by atoms with E-state index in [9.17, 15) is 0 Å². The zero-order valence-corrected chi connectivity index (χ0v) is 13.0. The summed E-state index contributed by atoms with van der Waals surface area (Å²) >= 11 is 0. The number of fused-ring (bicyclic) bond motifs is 2. The van der Waals surface area contributed by atoms with Crippen molar-refractivity contribution in [1.29, 1.82) is 0 Å². The third-order valence-electron chi connectivity index (χ3n) is 5.11. The molecule has 2 saturated heterocycles.